The molecule has 0 saturated heterocycles. The van der Waals surface area contributed by atoms with Gasteiger partial charge in [0.1, 0.15) is 11.3 Å². The molecule has 84 valence electrons. The van der Waals surface area contributed by atoms with Crippen molar-refractivity contribution < 1.29 is 4.42 Å². The quantitative estimate of drug-likeness (QED) is 0.728. The summed E-state index contributed by atoms with van der Waals surface area (Å²) in [5.41, 5.74) is 7.96. The van der Waals surface area contributed by atoms with Gasteiger partial charge in [0.05, 0.1) is 6.04 Å². The summed E-state index contributed by atoms with van der Waals surface area (Å²) < 4.78 is 5.73. The minimum absolute atomic E-state index is 0.268. The van der Waals surface area contributed by atoms with Crippen LogP contribution in [0.5, 0.6) is 0 Å². The zero-order valence-electron chi connectivity index (χ0n) is 9.21. The molecular formula is C14H12N2O. The summed E-state index contributed by atoms with van der Waals surface area (Å²) in [7, 11) is 0. The van der Waals surface area contributed by atoms with Gasteiger partial charge in [0, 0.05) is 17.8 Å². The van der Waals surface area contributed by atoms with Crippen molar-refractivity contribution in [2.45, 2.75) is 6.04 Å². The normalized spacial score (nSPS) is 12.8. The SMILES string of the molecule is N[C@H](c1cccnc1)c1cc2ccccc2o1. The second-order valence-electron chi connectivity index (χ2n) is 3.95. The average molecular weight is 224 g/mol. The van der Waals surface area contributed by atoms with Gasteiger partial charge in [-0.3, -0.25) is 4.98 Å². The fourth-order valence-corrected chi connectivity index (χ4v) is 1.88. The van der Waals surface area contributed by atoms with Crippen molar-refractivity contribution in [3.05, 3.63) is 66.2 Å². The number of rotatable bonds is 2. The van der Waals surface area contributed by atoms with E-state index in [0.29, 0.717) is 0 Å². The first-order valence-corrected chi connectivity index (χ1v) is 5.48. The zero-order chi connectivity index (χ0) is 11.7. The Morgan fingerprint density at radius 3 is 2.76 bits per heavy atom. The summed E-state index contributed by atoms with van der Waals surface area (Å²) in [6.45, 7) is 0. The van der Waals surface area contributed by atoms with Crippen LogP contribution in [-0.2, 0) is 0 Å². The van der Waals surface area contributed by atoms with Gasteiger partial charge in [-0.05, 0) is 23.8 Å². The maximum Gasteiger partial charge on any atom is 0.134 e. The number of hydrogen-bond acceptors (Lipinski definition) is 3. The smallest absolute Gasteiger partial charge is 0.134 e. The van der Waals surface area contributed by atoms with Crippen molar-refractivity contribution in [3.8, 4) is 0 Å². The van der Waals surface area contributed by atoms with Gasteiger partial charge in [0.2, 0.25) is 0 Å². The third-order valence-corrected chi connectivity index (χ3v) is 2.79. The lowest BCUT2D eigenvalue weighted by molar-refractivity contribution is 0.524. The largest absolute Gasteiger partial charge is 0.459 e. The van der Waals surface area contributed by atoms with E-state index in [1.807, 2.05) is 42.5 Å². The molecule has 2 heterocycles. The molecule has 0 fully saturated rings. The standard InChI is InChI=1S/C14H12N2O/c15-14(11-5-3-7-16-9-11)13-8-10-4-1-2-6-12(10)17-13/h1-9,14H,15H2/t14-/m1/s1. The minimum Gasteiger partial charge on any atom is -0.459 e. The molecule has 2 aromatic heterocycles. The molecule has 3 heteroatoms. The molecule has 0 aliphatic heterocycles. The third-order valence-electron chi connectivity index (χ3n) is 2.79. The number of aromatic nitrogens is 1. The fraction of sp³-hybridized carbons (Fsp3) is 0.0714. The molecule has 0 unspecified atom stereocenters. The summed E-state index contributed by atoms with van der Waals surface area (Å²) in [6.07, 6.45) is 3.49. The number of fused-ring (bicyclic) bond motifs is 1. The van der Waals surface area contributed by atoms with Crippen molar-refractivity contribution in [1.29, 1.82) is 0 Å². The van der Waals surface area contributed by atoms with Crippen LogP contribution in [0.4, 0.5) is 0 Å². The predicted molar refractivity (Wildman–Crippen MR) is 66.5 cm³/mol. The van der Waals surface area contributed by atoms with Gasteiger partial charge in [-0.1, -0.05) is 24.3 Å². The molecule has 0 radical (unpaired) electrons. The Kier molecular flexibility index (Phi) is 2.38. The van der Waals surface area contributed by atoms with Gasteiger partial charge in [-0.2, -0.15) is 0 Å². The van der Waals surface area contributed by atoms with Crippen LogP contribution in [0.2, 0.25) is 0 Å². The monoisotopic (exact) mass is 224 g/mol. The first-order valence-electron chi connectivity index (χ1n) is 5.48. The Morgan fingerprint density at radius 2 is 2.00 bits per heavy atom. The molecule has 2 N–H and O–H groups in total. The number of nitrogens with zero attached hydrogens (tertiary/aromatic N) is 1. The maximum atomic E-state index is 6.15. The van der Waals surface area contributed by atoms with E-state index in [9.17, 15) is 0 Å². The molecule has 0 bridgehead atoms. The van der Waals surface area contributed by atoms with Crippen LogP contribution >= 0.6 is 0 Å². The van der Waals surface area contributed by atoms with Crippen molar-refractivity contribution in [3.63, 3.8) is 0 Å². The van der Waals surface area contributed by atoms with E-state index < -0.39 is 0 Å². The molecule has 0 aliphatic rings. The number of hydrogen-bond donors (Lipinski definition) is 1. The summed E-state index contributed by atoms with van der Waals surface area (Å²) >= 11 is 0. The van der Waals surface area contributed by atoms with E-state index in [4.69, 9.17) is 10.2 Å². The Labute approximate surface area is 98.9 Å². The molecular weight excluding hydrogens is 212 g/mol. The van der Waals surface area contributed by atoms with Crippen molar-refractivity contribution >= 4 is 11.0 Å². The lowest BCUT2D eigenvalue weighted by Crippen LogP contribution is -2.10. The van der Waals surface area contributed by atoms with Crippen LogP contribution < -0.4 is 5.73 Å². The van der Waals surface area contributed by atoms with Crippen LogP contribution in [0.3, 0.4) is 0 Å². The molecule has 3 rings (SSSR count). The number of nitrogens with two attached hydrogens (primary N) is 1. The maximum absolute atomic E-state index is 6.15. The van der Waals surface area contributed by atoms with E-state index in [1.165, 1.54) is 0 Å². The highest BCUT2D eigenvalue weighted by molar-refractivity contribution is 5.77. The highest BCUT2D eigenvalue weighted by Gasteiger charge is 2.13. The molecule has 0 spiro atoms. The topological polar surface area (TPSA) is 52.0 Å². The van der Waals surface area contributed by atoms with Crippen LogP contribution in [0, 0.1) is 0 Å². The minimum atomic E-state index is -0.268. The lowest BCUT2D eigenvalue weighted by atomic mass is 10.1. The molecule has 17 heavy (non-hydrogen) atoms. The van der Waals surface area contributed by atoms with Crippen LogP contribution in [0.25, 0.3) is 11.0 Å². The zero-order valence-corrected chi connectivity index (χ0v) is 9.21. The van der Waals surface area contributed by atoms with Gasteiger partial charge in [-0.15, -0.1) is 0 Å². The molecule has 3 aromatic rings. The molecule has 0 aliphatic carbocycles. The third kappa shape index (κ3) is 1.81. The summed E-state index contributed by atoms with van der Waals surface area (Å²) in [4.78, 5) is 4.06. The second kappa shape index (κ2) is 4.03. The summed E-state index contributed by atoms with van der Waals surface area (Å²) in [5, 5.41) is 1.07. The van der Waals surface area contributed by atoms with E-state index in [2.05, 4.69) is 4.98 Å². The first-order chi connectivity index (χ1) is 8.34. The van der Waals surface area contributed by atoms with Crippen molar-refractivity contribution in [2.24, 2.45) is 5.73 Å². The number of para-hydroxylation sites is 1. The van der Waals surface area contributed by atoms with Gasteiger partial charge < -0.3 is 10.2 Å². The fourth-order valence-electron chi connectivity index (χ4n) is 1.88. The molecule has 3 nitrogen and oxygen atoms in total. The van der Waals surface area contributed by atoms with Crippen molar-refractivity contribution in [1.82, 2.24) is 4.98 Å². The second-order valence-corrected chi connectivity index (χ2v) is 3.95. The van der Waals surface area contributed by atoms with E-state index in [-0.39, 0.29) is 6.04 Å². The van der Waals surface area contributed by atoms with Crippen LogP contribution in [0.1, 0.15) is 17.4 Å². The number of benzene rings is 1. The van der Waals surface area contributed by atoms with Crippen molar-refractivity contribution in [2.75, 3.05) is 0 Å². The molecule has 1 atom stereocenters. The lowest BCUT2D eigenvalue weighted by Gasteiger charge is -2.07. The van der Waals surface area contributed by atoms with E-state index in [0.717, 1.165) is 22.3 Å². The highest BCUT2D eigenvalue weighted by Crippen LogP contribution is 2.25. The Morgan fingerprint density at radius 1 is 1.12 bits per heavy atom. The molecule has 0 amide bonds. The Balaban J connectivity index is 2.04. The van der Waals surface area contributed by atoms with Gasteiger partial charge in [0.25, 0.3) is 0 Å². The number of furan rings is 1. The Hall–Kier alpha value is -2.13. The molecule has 0 saturated carbocycles. The Bertz CT molecular complexity index is 598. The van der Waals surface area contributed by atoms with Crippen LogP contribution in [0.15, 0.2) is 59.3 Å². The average Bonchev–Trinajstić information content (AvgIpc) is 2.82. The predicted octanol–water partition coefficient (Wildman–Crippen LogP) is 2.88. The van der Waals surface area contributed by atoms with Gasteiger partial charge in [-0.25, -0.2) is 0 Å². The summed E-state index contributed by atoms with van der Waals surface area (Å²) in [6, 6.07) is 13.4. The number of pyridine rings is 1. The van der Waals surface area contributed by atoms with Gasteiger partial charge >= 0.3 is 0 Å². The summed E-state index contributed by atoms with van der Waals surface area (Å²) in [5.74, 6) is 0.763. The molecule has 1 aromatic carbocycles. The van der Waals surface area contributed by atoms with E-state index in [1.54, 1.807) is 12.4 Å². The first kappa shape index (κ1) is 10.1. The van der Waals surface area contributed by atoms with Gasteiger partial charge in [0.15, 0.2) is 0 Å². The van der Waals surface area contributed by atoms with E-state index >= 15 is 0 Å². The van der Waals surface area contributed by atoms with Crippen LogP contribution in [-0.4, -0.2) is 4.98 Å². The highest BCUT2D eigenvalue weighted by atomic mass is 16.3.